The lowest BCUT2D eigenvalue weighted by Gasteiger charge is -2.12. The van der Waals surface area contributed by atoms with Crippen molar-refractivity contribution in [2.45, 2.75) is 12.5 Å². The number of nitrogens with one attached hydrogen (secondary N) is 1. The molecule has 2 heterocycles. The van der Waals surface area contributed by atoms with Gasteiger partial charge in [0.05, 0.1) is 11.5 Å². The van der Waals surface area contributed by atoms with Crippen LogP contribution < -0.4 is 5.32 Å². The van der Waals surface area contributed by atoms with Crippen LogP contribution in [0.15, 0.2) is 12.4 Å². The quantitative estimate of drug-likeness (QED) is 0.769. The Morgan fingerprint density at radius 3 is 2.71 bits per heavy atom. The smallest absolute Gasteiger partial charge is 0.358 e. The van der Waals surface area contributed by atoms with Gasteiger partial charge < -0.3 is 10.4 Å². The van der Waals surface area contributed by atoms with Gasteiger partial charge in [-0.3, -0.25) is 0 Å². The van der Waals surface area contributed by atoms with E-state index in [4.69, 9.17) is 5.11 Å². The van der Waals surface area contributed by atoms with Crippen LogP contribution in [0.1, 0.15) is 16.9 Å². The van der Waals surface area contributed by atoms with Crippen LogP contribution in [0.5, 0.6) is 0 Å². The van der Waals surface area contributed by atoms with Crippen molar-refractivity contribution in [1.29, 1.82) is 0 Å². The van der Waals surface area contributed by atoms with Crippen LogP contribution in [0.25, 0.3) is 0 Å². The molecule has 0 spiro atoms. The zero-order valence-electron chi connectivity index (χ0n) is 8.83. The summed E-state index contributed by atoms with van der Waals surface area (Å²) in [5.74, 6) is -0.959. The van der Waals surface area contributed by atoms with Crippen molar-refractivity contribution in [2.24, 2.45) is 0 Å². The molecule has 7 nitrogen and oxygen atoms in total. The lowest BCUT2D eigenvalue weighted by molar-refractivity contribution is 0.0691. The molecule has 1 aromatic rings. The first-order valence-corrected chi connectivity index (χ1v) is 6.81. The number of nitrogens with zero attached hydrogens (tertiary/aromatic N) is 2. The van der Waals surface area contributed by atoms with Gasteiger partial charge in [-0.15, -0.1) is 0 Å². The number of anilines is 1. The second kappa shape index (κ2) is 4.28. The predicted octanol–water partition coefficient (Wildman–Crippen LogP) is -0.226. The molecule has 0 aliphatic carbocycles. The van der Waals surface area contributed by atoms with Gasteiger partial charge in [0.25, 0.3) is 0 Å². The summed E-state index contributed by atoms with van der Waals surface area (Å²) in [6, 6.07) is -0.296. The van der Waals surface area contributed by atoms with E-state index < -0.39 is 15.8 Å². The number of aromatic nitrogens is 2. The molecule has 92 valence electrons. The van der Waals surface area contributed by atoms with E-state index in [1.807, 2.05) is 0 Å². The van der Waals surface area contributed by atoms with Crippen molar-refractivity contribution in [1.82, 2.24) is 9.97 Å². The Balaban J connectivity index is 2.17. The van der Waals surface area contributed by atoms with Gasteiger partial charge in [-0.25, -0.2) is 23.2 Å². The standard InChI is InChI=1S/C9H11N3O4S/c13-9(14)7-8(11-3-2-10-7)12-6-1-4-17(15,16)5-6/h2-3,6H,1,4-5H2,(H,11,12)(H,13,14). The van der Waals surface area contributed by atoms with Gasteiger partial charge in [-0.05, 0) is 6.42 Å². The Hall–Kier alpha value is -1.70. The van der Waals surface area contributed by atoms with Crippen LogP contribution in [-0.4, -0.2) is 47.0 Å². The zero-order valence-corrected chi connectivity index (χ0v) is 9.64. The summed E-state index contributed by atoms with van der Waals surface area (Å²) in [6.07, 6.45) is 3.09. The van der Waals surface area contributed by atoms with Crippen LogP contribution in [0, 0.1) is 0 Å². The fraction of sp³-hybridized carbons (Fsp3) is 0.444. The minimum absolute atomic E-state index is 0.00261. The molecule has 2 rings (SSSR count). The third kappa shape index (κ3) is 2.70. The molecule has 0 aromatic carbocycles. The highest BCUT2D eigenvalue weighted by Gasteiger charge is 2.29. The second-order valence-corrected chi connectivity index (χ2v) is 6.03. The fourth-order valence-corrected chi connectivity index (χ4v) is 3.38. The van der Waals surface area contributed by atoms with Crippen LogP contribution >= 0.6 is 0 Å². The lowest BCUT2D eigenvalue weighted by atomic mass is 10.2. The van der Waals surface area contributed by atoms with Crippen LogP contribution in [-0.2, 0) is 9.84 Å². The van der Waals surface area contributed by atoms with Crippen molar-refractivity contribution in [3.63, 3.8) is 0 Å². The summed E-state index contributed by atoms with van der Waals surface area (Å²) in [5.41, 5.74) is -0.197. The van der Waals surface area contributed by atoms with Gasteiger partial charge in [0.1, 0.15) is 0 Å². The molecular weight excluding hydrogens is 246 g/mol. The molecule has 2 N–H and O–H groups in total. The van der Waals surface area contributed by atoms with E-state index in [-0.39, 0.29) is 29.1 Å². The minimum Gasteiger partial charge on any atom is -0.476 e. The van der Waals surface area contributed by atoms with Gasteiger partial charge in [0, 0.05) is 18.4 Å². The molecule has 1 aliphatic rings. The number of aromatic carboxylic acids is 1. The maximum absolute atomic E-state index is 11.3. The second-order valence-electron chi connectivity index (χ2n) is 3.80. The first kappa shape index (κ1) is 11.8. The molecule has 0 amide bonds. The highest BCUT2D eigenvalue weighted by molar-refractivity contribution is 7.91. The number of carboxylic acids is 1. The van der Waals surface area contributed by atoms with Crippen molar-refractivity contribution in [3.05, 3.63) is 18.1 Å². The first-order chi connectivity index (χ1) is 7.98. The van der Waals surface area contributed by atoms with E-state index in [0.717, 1.165) is 0 Å². The summed E-state index contributed by atoms with van der Waals surface area (Å²) < 4.78 is 22.5. The topological polar surface area (TPSA) is 109 Å². The van der Waals surface area contributed by atoms with Crippen molar-refractivity contribution in [3.8, 4) is 0 Å². The van der Waals surface area contributed by atoms with E-state index in [9.17, 15) is 13.2 Å². The normalized spacial score (nSPS) is 22.2. The highest BCUT2D eigenvalue weighted by Crippen LogP contribution is 2.17. The Morgan fingerprint density at radius 2 is 2.12 bits per heavy atom. The van der Waals surface area contributed by atoms with E-state index in [2.05, 4.69) is 15.3 Å². The number of carboxylic acid groups (broad SMARTS) is 1. The first-order valence-electron chi connectivity index (χ1n) is 4.99. The Kier molecular flexibility index (Phi) is 2.97. The maximum Gasteiger partial charge on any atom is 0.358 e. The molecular formula is C9H11N3O4S. The van der Waals surface area contributed by atoms with Gasteiger partial charge in [-0.2, -0.15) is 0 Å². The molecule has 1 aliphatic heterocycles. The zero-order chi connectivity index (χ0) is 12.5. The Morgan fingerprint density at radius 1 is 1.41 bits per heavy atom. The molecule has 1 aromatic heterocycles. The van der Waals surface area contributed by atoms with Gasteiger partial charge in [-0.1, -0.05) is 0 Å². The van der Waals surface area contributed by atoms with Crippen molar-refractivity contribution in [2.75, 3.05) is 16.8 Å². The summed E-state index contributed by atoms with van der Waals surface area (Å²) in [4.78, 5) is 18.4. The molecule has 1 atom stereocenters. The van der Waals surface area contributed by atoms with Gasteiger partial charge >= 0.3 is 5.97 Å². The van der Waals surface area contributed by atoms with Crippen LogP contribution in [0.4, 0.5) is 5.82 Å². The van der Waals surface area contributed by atoms with Crippen molar-refractivity contribution >= 4 is 21.6 Å². The third-order valence-electron chi connectivity index (χ3n) is 2.47. The SMILES string of the molecule is O=C(O)c1nccnc1NC1CCS(=O)(=O)C1. The van der Waals surface area contributed by atoms with E-state index in [0.29, 0.717) is 6.42 Å². The van der Waals surface area contributed by atoms with E-state index in [1.54, 1.807) is 0 Å². The number of carbonyl (C=O) groups is 1. The monoisotopic (exact) mass is 257 g/mol. The predicted molar refractivity (Wildman–Crippen MR) is 59.7 cm³/mol. The average molecular weight is 257 g/mol. The number of hydrogen-bond donors (Lipinski definition) is 2. The molecule has 0 radical (unpaired) electrons. The Bertz CT molecular complexity index is 543. The lowest BCUT2D eigenvalue weighted by Crippen LogP contribution is -2.23. The molecule has 1 fully saturated rings. The largest absolute Gasteiger partial charge is 0.476 e. The molecule has 0 saturated carbocycles. The molecule has 8 heteroatoms. The highest BCUT2D eigenvalue weighted by atomic mass is 32.2. The maximum atomic E-state index is 11.3. The fourth-order valence-electron chi connectivity index (χ4n) is 1.70. The summed E-state index contributed by atoms with van der Waals surface area (Å²) in [5, 5.41) is 11.7. The molecule has 0 bridgehead atoms. The number of hydrogen-bond acceptors (Lipinski definition) is 6. The Labute approximate surface area is 97.8 Å². The summed E-state index contributed by atoms with van der Waals surface area (Å²) >= 11 is 0. The van der Waals surface area contributed by atoms with Crippen LogP contribution in [0.3, 0.4) is 0 Å². The molecule has 17 heavy (non-hydrogen) atoms. The van der Waals surface area contributed by atoms with E-state index >= 15 is 0 Å². The number of sulfone groups is 1. The minimum atomic E-state index is -3.01. The summed E-state index contributed by atoms with van der Waals surface area (Å²) in [7, 11) is -3.01. The average Bonchev–Trinajstić information content (AvgIpc) is 2.58. The van der Waals surface area contributed by atoms with E-state index in [1.165, 1.54) is 12.4 Å². The van der Waals surface area contributed by atoms with Crippen LogP contribution in [0.2, 0.25) is 0 Å². The van der Waals surface area contributed by atoms with Gasteiger partial charge in [0.15, 0.2) is 21.3 Å². The van der Waals surface area contributed by atoms with Gasteiger partial charge in [0.2, 0.25) is 0 Å². The molecule has 1 unspecified atom stereocenters. The third-order valence-corrected chi connectivity index (χ3v) is 4.24. The van der Waals surface area contributed by atoms with Crippen molar-refractivity contribution < 1.29 is 18.3 Å². The molecule has 1 saturated heterocycles. The number of rotatable bonds is 3. The summed E-state index contributed by atoms with van der Waals surface area (Å²) in [6.45, 7) is 0.